The summed E-state index contributed by atoms with van der Waals surface area (Å²) in [4.78, 5) is 7.68. The Labute approximate surface area is 98.6 Å². The summed E-state index contributed by atoms with van der Waals surface area (Å²) < 4.78 is 5.25. The van der Waals surface area contributed by atoms with E-state index in [1.54, 1.807) is 7.11 Å². The van der Waals surface area contributed by atoms with Crippen molar-refractivity contribution in [3.8, 4) is 5.75 Å². The van der Waals surface area contributed by atoms with Gasteiger partial charge in [-0.05, 0) is 30.2 Å². The number of aromatic amines is 1. The van der Waals surface area contributed by atoms with Crippen molar-refractivity contribution < 1.29 is 4.74 Å². The normalized spacial score (nSPS) is 14.4. The second kappa shape index (κ2) is 3.78. The van der Waals surface area contributed by atoms with Crippen LogP contribution < -0.4 is 16.0 Å². The molecule has 5 heteroatoms. The zero-order valence-corrected chi connectivity index (χ0v) is 9.58. The van der Waals surface area contributed by atoms with Crippen LogP contribution in [0.5, 0.6) is 5.75 Å². The van der Waals surface area contributed by atoms with E-state index in [2.05, 4.69) is 15.4 Å². The molecule has 1 aliphatic heterocycles. The summed E-state index contributed by atoms with van der Waals surface area (Å²) in [6.07, 6.45) is 0.924. The molecule has 3 rings (SSSR count). The third kappa shape index (κ3) is 1.47. The van der Waals surface area contributed by atoms with Gasteiger partial charge in [0.1, 0.15) is 5.75 Å². The minimum absolute atomic E-state index is 0.724. The van der Waals surface area contributed by atoms with E-state index in [0.717, 1.165) is 35.8 Å². The van der Waals surface area contributed by atoms with Crippen LogP contribution in [-0.4, -0.2) is 24.5 Å². The van der Waals surface area contributed by atoms with Crippen LogP contribution in [0.3, 0.4) is 0 Å². The SMILES string of the molecule is COc1ccc2[nH]c3c(c2c1)CCN=C3NN. The Hall–Kier alpha value is -2.01. The highest BCUT2D eigenvalue weighted by Crippen LogP contribution is 2.28. The van der Waals surface area contributed by atoms with Gasteiger partial charge in [0.15, 0.2) is 5.84 Å². The maximum atomic E-state index is 5.47. The van der Waals surface area contributed by atoms with E-state index in [1.807, 2.05) is 18.2 Å². The lowest BCUT2D eigenvalue weighted by molar-refractivity contribution is 0.415. The Morgan fingerprint density at radius 3 is 3.12 bits per heavy atom. The highest BCUT2D eigenvalue weighted by Gasteiger charge is 2.19. The van der Waals surface area contributed by atoms with E-state index in [9.17, 15) is 0 Å². The minimum atomic E-state index is 0.724. The first-order valence-electron chi connectivity index (χ1n) is 5.53. The van der Waals surface area contributed by atoms with Crippen LogP contribution in [0.25, 0.3) is 10.9 Å². The number of benzene rings is 1. The summed E-state index contributed by atoms with van der Waals surface area (Å²) in [7, 11) is 1.68. The third-order valence-electron chi connectivity index (χ3n) is 3.12. The number of rotatable bonds is 1. The first-order chi connectivity index (χ1) is 8.33. The maximum Gasteiger partial charge on any atom is 0.159 e. The quantitative estimate of drug-likeness (QED) is 0.504. The summed E-state index contributed by atoms with van der Waals surface area (Å²) >= 11 is 0. The molecule has 4 N–H and O–H groups in total. The third-order valence-corrected chi connectivity index (χ3v) is 3.12. The molecule has 0 spiro atoms. The lowest BCUT2D eigenvalue weighted by Gasteiger charge is -2.12. The van der Waals surface area contributed by atoms with E-state index in [4.69, 9.17) is 10.6 Å². The van der Waals surface area contributed by atoms with Gasteiger partial charge < -0.3 is 15.1 Å². The number of aliphatic imine (C=N–C) groups is 1. The van der Waals surface area contributed by atoms with Gasteiger partial charge in [-0.15, -0.1) is 0 Å². The number of hydrogen-bond acceptors (Lipinski definition) is 4. The van der Waals surface area contributed by atoms with Gasteiger partial charge in [0.25, 0.3) is 0 Å². The van der Waals surface area contributed by atoms with E-state index in [1.165, 1.54) is 10.9 Å². The van der Waals surface area contributed by atoms with Crippen molar-refractivity contribution in [2.75, 3.05) is 13.7 Å². The van der Waals surface area contributed by atoms with Crippen LogP contribution >= 0.6 is 0 Å². The van der Waals surface area contributed by atoms with Gasteiger partial charge in [-0.25, -0.2) is 5.84 Å². The van der Waals surface area contributed by atoms with Crippen LogP contribution in [0.1, 0.15) is 11.3 Å². The van der Waals surface area contributed by atoms with Crippen molar-refractivity contribution in [1.82, 2.24) is 10.4 Å². The number of nitrogens with zero attached hydrogens (tertiary/aromatic N) is 1. The molecule has 0 unspecified atom stereocenters. The Morgan fingerprint density at radius 1 is 1.47 bits per heavy atom. The number of hydrazine groups is 1. The molecule has 2 heterocycles. The summed E-state index contributed by atoms with van der Waals surface area (Å²) in [5, 5.41) is 1.18. The van der Waals surface area contributed by atoms with Gasteiger partial charge in [0.2, 0.25) is 0 Å². The lowest BCUT2D eigenvalue weighted by Crippen LogP contribution is -2.34. The molecular weight excluding hydrogens is 216 g/mol. The largest absolute Gasteiger partial charge is 0.497 e. The summed E-state index contributed by atoms with van der Waals surface area (Å²) in [5.41, 5.74) is 5.96. The number of ether oxygens (including phenoxy) is 1. The number of fused-ring (bicyclic) bond motifs is 3. The fourth-order valence-corrected chi connectivity index (χ4v) is 2.29. The van der Waals surface area contributed by atoms with Gasteiger partial charge in [0, 0.05) is 17.4 Å². The standard InChI is InChI=1S/C12H14N4O/c1-17-7-2-3-10-9(6-7)8-4-5-14-12(16-13)11(8)15-10/h2-3,6,15H,4-5,13H2,1H3,(H,14,16). The van der Waals surface area contributed by atoms with Gasteiger partial charge in [0.05, 0.1) is 12.8 Å². The minimum Gasteiger partial charge on any atom is -0.497 e. The Bertz CT molecular complexity index is 600. The predicted molar refractivity (Wildman–Crippen MR) is 67.3 cm³/mol. The van der Waals surface area contributed by atoms with E-state index >= 15 is 0 Å². The fourth-order valence-electron chi connectivity index (χ4n) is 2.29. The maximum absolute atomic E-state index is 5.47. The molecule has 0 amide bonds. The molecule has 88 valence electrons. The van der Waals surface area contributed by atoms with Crippen molar-refractivity contribution in [2.45, 2.75) is 6.42 Å². The summed E-state index contributed by atoms with van der Waals surface area (Å²) in [6, 6.07) is 6.00. The number of nitrogens with two attached hydrogens (primary N) is 1. The molecule has 5 nitrogen and oxygen atoms in total. The summed E-state index contributed by atoms with van der Waals surface area (Å²) in [5.74, 6) is 7.06. The van der Waals surface area contributed by atoms with Crippen molar-refractivity contribution in [3.05, 3.63) is 29.5 Å². The number of nitrogens with one attached hydrogen (secondary N) is 2. The van der Waals surface area contributed by atoms with Gasteiger partial charge >= 0.3 is 0 Å². The zero-order chi connectivity index (χ0) is 11.8. The Kier molecular flexibility index (Phi) is 2.26. The van der Waals surface area contributed by atoms with Gasteiger partial charge in [-0.3, -0.25) is 4.99 Å². The van der Waals surface area contributed by atoms with Gasteiger partial charge in [-0.1, -0.05) is 0 Å². The van der Waals surface area contributed by atoms with Crippen molar-refractivity contribution in [2.24, 2.45) is 10.8 Å². The molecule has 1 aromatic heterocycles. The molecule has 2 aromatic rings. The Balaban J connectivity index is 2.25. The van der Waals surface area contributed by atoms with Crippen LogP contribution in [0.2, 0.25) is 0 Å². The number of methoxy groups -OCH3 is 1. The zero-order valence-electron chi connectivity index (χ0n) is 9.58. The molecule has 0 saturated heterocycles. The van der Waals surface area contributed by atoms with E-state index in [0.29, 0.717) is 0 Å². The predicted octanol–water partition coefficient (Wildman–Crippen LogP) is 0.943. The average Bonchev–Trinajstić information content (AvgIpc) is 2.76. The molecule has 0 fully saturated rings. The van der Waals surface area contributed by atoms with Crippen molar-refractivity contribution in [1.29, 1.82) is 0 Å². The second-order valence-corrected chi connectivity index (χ2v) is 4.01. The molecule has 0 saturated carbocycles. The number of aromatic nitrogens is 1. The van der Waals surface area contributed by atoms with Crippen LogP contribution in [0.15, 0.2) is 23.2 Å². The Morgan fingerprint density at radius 2 is 2.35 bits per heavy atom. The van der Waals surface area contributed by atoms with Crippen molar-refractivity contribution in [3.63, 3.8) is 0 Å². The molecule has 1 aliphatic rings. The van der Waals surface area contributed by atoms with Gasteiger partial charge in [-0.2, -0.15) is 0 Å². The molecule has 0 atom stereocenters. The van der Waals surface area contributed by atoms with Crippen LogP contribution in [0, 0.1) is 0 Å². The first kappa shape index (κ1) is 10.2. The molecule has 0 bridgehead atoms. The van der Waals surface area contributed by atoms with Crippen LogP contribution in [-0.2, 0) is 6.42 Å². The number of amidine groups is 1. The number of H-pyrrole nitrogens is 1. The molecule has 0 radical (unpaired) electrons. The number of hydrogen-bond donors (Lipinski definition) is 3. The van der Waals surface area contributed by atoms with E-state index in [-0.39, 0.29) is 0 Å². The topological polar surface area (TPSA) is 75.4 Å². The smallest absolute Gasteiger partial charge is 0.159 e. The first-order valence-corrected chi connectivity index (χ1v) is 5.53. The molecule has 0 aliphatic carbocycles. The highest BCUT2D eigenvalue weighted by atomic mass is 16.5. The highest BCUT2D eigenvalue weighted by molar-refractivity contribution is 6.04. The molecule has 17 heavy (non-hydrogen) atoms. The molecule has 1 aromatic carbocycles. The lowest BCUT2D eigenvalue weighted by atomic mass is 10.0. The van der Waals surface area contributed by atoms with E-state index < -0.39 is 0 Å². The molecular formula is C12H14N4O. The average molecular weight is 230 g/mol. The van der Waals surface area contributed by atoms with Crippen LogP contribution in [0.4, 0.5) is 0 Å². The monoisotopic (exact) mass is 230 g/mol. The summed E-state index contributed by atoms with van der Waals surface area (Å²) in [6.45, 7) is 0.761. The fraction of sp³-hybridized carbons (Fsp3) is 0.250. The van der Waals surface area contributed by atoms with Crippen molar-refractivity contribution >= 4 is 16.7 Å². The second-order valence-electron chi connectivity index (χ2n) is 4.01.